The van der Waals surface area contributed by atoms with E-state index in [2.05, 4.69) is 20.9 Å². The maximum absolute atomic E-state index is 8.83. The van der Waals surface area contributed by atoms with Crippen LogP contribution in [0, 0.1) is 11.3 Å². The summed E-state index contributed by atoms with van der Waals surface area (Å²) in [6.07, 6.45) is 3.07. The van der Waals surface area contributed by atoms with Gasteiger partial charge in [-0.25, -0.2) is 0 Å². The van der Waals surface area contributed by atoms with Gasteiger partial charge in [-0.1, -0.05) is 0 Å². The van der Waals surface area contributed by atoms with Crippen LogP contribution in [0.4, 0.5) is 0 Å². The van der Waals surface area contributed by atoms with Gasteiger partial charge in [0.15, 0.2) is 0 Å². The topological polar surface area (TPSA) is 45.9 Å². The molecule has 0 aliphatic rings. The van der Waals surface area contributed by atoms with Gasteiger partial charge in [0, 0.05) is 10.7 Å². The van der Waals surface area contributed by atoms with E-state index >= 15 is 0 Å². The number of hydrogen-bond acceptors (Lipinski definition) is 3. The first-order valence-electron chi connectivity index (χ1n) is 4.11. The van der Waals surface area contributed by atoms with Crippen molar-refractivity contribution in [2.24, 2.45) is 0 Å². The molecule has 0 aliphatic heterocycles. The highest BCUT2D eigenvalue weighted by Gasteiger charge is 2.01. The van der Waals surface area contributed by atoms with Crippen LogP contribution in [0.2, 0.25) is 0 Å². The molecule has 4 heteroatoms. The standard InChI is InChI=1S/C10H9BrN2O/c1-2-14-7-8(5-12)10-4-3-9(11)6-13-10/h3-4,6-7H,2H2,1H3/b8-7-. The van der Waals surface area contributed by atoms with Gasteiger partial charge in [-0.15, -0.1) is 0 Å². The molecule has 1 rings (SSSR count). The van der Waals surface area contributed by atoms with Gasteiger partial charge in [0.25, 0.3) is 0 Å². The number of pyridine rings is 1. The third-order valence-corrected chi connectivity index (χ3v) is 1.96. The average molecular weight is 253 g/mol. The van der Waals surface area contributed by atoms with Crippen molar-refractivity contribution < 1.29 is 4.74 Å². The molecule has 0 spiro atoms. The number of hydrogen-bond donors (Lipinski definition) is 0. The minimum atomic E-state index is 0.430. The van der Waals surface area contributed by atoms with E-state index in [0.29, 0.717) is 17.9 Å². The smallest absolute Gasteiger partial charge is 0.112 e. The van der Waals surface area contributed by atoms with E-state index < -0.39 is 0 Å². The van der Waals surface area contributed by atoms with Crippen LogP contribution in [0.25, 0.3) is 5.57 Å². The predicted molar refractivity (Wildman–Crippen MR) is 57.2 cm³/mol. The van der Waals surface area contributed by atoms with E-state index in [0.717, 1.165) is 4.47 Å². The Morgan fingerprint density at radius 3 is 3.00 bits per heavy atom. The molecule has 0 saturated heterocycles. The molecule has 1 aromatic heterocycles. The molecule has 0 bridgehead atoms. The number of ether oxygens (including phenoxy) is 1. The molecule has 1 heterocycles. The van der Waals surface area contributed by atoms with Crippen molar-refractivity contribution in [2.45, 2.75) is 6.92 Å². The molecule has 0 radical (unpaired) electrons. The van der Waals surface area contributed by atoms with Crippen LogP contribution in [-0.2, 0) is 4.74 Å². The van der Waals surface area contributed by atoms with E-state index in [9.17, 15) is 0 Å². The van der Waals surface area contributed by atoms with Crippen molar-refractivity contribution in [3.8, 4) is 6.07 Å². The first-order valence-corrected chi connectivity index (χ1v) is 4.91. The highest BCUT2D eigenvalue weighted by atomic mass is 79.9. The van der Waals surface area contributed by atoms with Gasteiger partial charge in [0.1, 0.15) is 17.9 Å². The number of aromatic nitrogens is 1. The lowest BCUT2D eigenvalue weighted by molar-refractivity contribution is 0.271. The van der Waals surface area contributed by atoms with Crippen LogP contribution in [0.15, 0.2) is 29.1 Å². The molecule has 0 unspecified atom stereocenters. The van der Waals surface area contributed by atoms with Crippen molar-refractivity contribution >= 4 is 21.5 Å². The summed E-state index contributed by atoms with van der Waals surface area (Å²) < 4.78 is 5.92. The van der Waals surface area contributed by atoms with E-state index in [-0.39, 0.29) is 0 Å². The molecule has 72 valence electrons. The second-order valence-corrected chi connectivity index (χ2v) is 3.38. The van der Waals surface area contributed by atoms with Gasteiger partial charge < -0.3 is 4.74 Å². The molecule has 0 fully saturated rings. The predicted octanol–water partition coefficient (Wildman–Crippen LogP) is 2.75. The molecule has 0 aliphatic carbocycles. The van der Waals surface area contributed by atoms with E-state index in [1.54, 1.807) is 12.3 Å². The second kappa shape index (κ2) is 5.40. The molecule has 0 amide bonds. The van der Waals surface area contributed by atoms with Gasteiger partial charge in [-0.05, 0) is 35.0 Å². The Hall–Kier alpha value is -1.34. The van der Waals surface area contributed by atoms with Crippen LogP contribution < -0.4 is 0 Å². The maximum atomic E-state index is 8.83. The van der Waals surface area contributed by atoms with Crippen molar-refractivity contribution in [2.75, 3.05) is 6.61 Å². The molecule has 14 heavy (non-hydrogen) atoms. The third-order valence-electron chi connectivity index (χ3n) is 1.49. The number of rotatable bonds is 3. The lowest BCUT2D eigenvalue weighted by Crippen LogP contribution is -1.88. The monoisotopic (exact) mass is 252 g/mol. The Morgan fingerprint density at radius 2 is 2.50 bits per heavy atom. The van der Waals surface area contributed by atoms with Gasteiger partial charge >= 0.3 is 0 Å². The molecule has 0 saturated carbocycles. The number of nitriles is 1. The Morgan fingerprint density at radius 1 is 1.71 bits per heavy atom. The summed E-state index contributed by atoms with van der Waals surface area (Å²) in [6, 6.07) is 5.63. The largest absolute Gasteiger partial charge is 0.500 e. The molecular formula is C10H9BrN2O. The Labute approximate surface area is 91.2 Å². The first-order chi connectivity index (χ1) is 6.77. The fraction of sp³-hybridized carbons (Fsp3) is 0.200. The third kappa shape index (κ3) is 2.86. The van der Waals surface area contributed by atoms with E-state index in [1.807, 2.05) is 19.1 Å². The van der Waals surface area contributed by atoms with Crippen LogP contribution in [0.3, 0.4) is 0 Å². The van der Waals surface area contributed by atoms with Gasteiger partial charge in [-0.2, -0.15) is 5.26 Å². The summed E-state index contributed by atoms with van der Waals surface area (Å²) in [6.45, 7) is 2.40. The number of nitrogens with zero attached hydrogens (tertiary/aromatic N) is 2. The van der Waals surface area contributed by atoms with Crippen molar-refractivity contribution in [1.82, 2.24) is 4.98 Å². The highest BCUT2D eigenvalue weighted by molar-refractivity contribution is 9.10. The van der Waals surface area contributed by atoms with Gasteiger partial charge in [0.05, 0.1) is 12.3 Å². The minimum Gasteiger partial charge on any atom is -0.500 e. The summed E-state index contributed by atoms with van der Waals surface area (Å²) >= 11 is 3.27. The SMILES string of the molecule is CCO/C=C(/C#N)c1ccc(Br)cn1. The van der Waals surface area contributed by atoms with Gasteiger partial charge in [-0.3, -0.25) is 4.98 Å². The lowest BCUT2D eigenvalue weighted by Gasteiger charge is -1.98. The lowest BCUT2D eigenvalue weighted by atomic mass is 10.2. The van der Waals surface area contributed by atoms with Crippen molar-refractivity contribution in [3.63, 3.8) is 0 Å². The molecule has 0 aromatic carbocycles. The summed E-state index contributed by atoms with van der Waals surface area (Å²) in [7, 11) is 0. The summed E-state index contributed by atoms with van der Waals surface area (Å²) in [5, 5.41) is 8.83. The highest BCUT2D eigenvalue weighted by Crippen LogP contribution is 2.14. The van der Waals surface area contributed by atoms with E-state index in [1.165, 1.54) is 6.26 Å². The Kier molecular flexibility index (Phi) is 4.14. The first kappa shape index (κ1) is 10.7. The quantitative estimate of drug-likeness (QED) is 0.614. The van der Waals surface area contributed by atoms with E-state index in [4.69, 9.17) is 10.00 Å². The number of allylic oxidation sites excluding steroid dienone is 1. The molecule has 0 N–H and O–H groups in total. The molecule has 0 atom stereocenters. The average Bonchev–Trinajstić information content (AvgIpc) is 2.21. The zero-order valence-corrected chi connectivity index (χ0v) is 9.28. The fourth-order valence-corrected chi connectivity index (χ4v) is 1.08. The second-order valence-electron chi connectivity index (χ2n) is 2.46. The fourth-order valence-electron chi connectivity index (χ4n) is 0.846. The summed E-state index contributed by atoms with van der Waals surface area (Å²) in [5.41, 5.74) is 1.04. The zero-order chi connectivity index (χ0) is 10.4. The Bertz CT molecular complexity index is 365. The molecule has 1 aromatic rings. The van der Waals surface area contributed by atoms with Crippen LogP contribution >= 0.6 is 15.9 Å². The van der Waals surface area contributed by atoms with Crippen LogP contribution in [-0.4, -0.2) is 11.6 Å². The normalized spacial score (nSPS) is 10.8. The maximum Gasteiger partial charge on any atom is 0.112 e. The Balaban J connectivity index is 2.91. The van der Waals surface area contributed by atoms with Crippen LogP contribution in [0.5, 0.6) is 0 Å². The number of halogens is 1. The molecular weight excluding hydrogens is 244 g/mol. The van der Waals surface area contributed by atoms with Crippen molar-refractivity contribution in [3.05, 3.63) is 34.8 Å². The summed E-state index contributed by atoms with van der Waals surface area (Å²) in [5.74, 6) is 0. The zero-order valence-electron chi connectivity index (χ0n) is 7.70. The summed E-state index contributed by atoms with van der Waals surface area (Å²) in [4.78, 5) is 4.08. The van der Waals surface area contributed by atoms with Gasteiger partial charge in [0.2, 0.25) is 0 Å². The van der Waals surface area contributed by atoms with Crippen molar-refractivity contribution in [1.29, 1.82) is 5.26 Å². The van der Waals surface area contributed by atoms with Crippen LogP contribution in [0.1, 0.15) is 12.6 Å². The minimum absolute atomic E-state index is 0.430. The molecule has 3 nitrogen and oxygen atoms in total.